The summed E-state index contributed by atoms with van der Waals surface area (Å²) < 4.78 is 1.97. The fourth-order valence-electron chi connectivity index (χ4n) is 5.57. The summed E-state index contributed by atoms with van der Waals surface area (Å²) in [5, 5.41) is 11.6. The first-order valence-corrected chi connectivity index (χ1v) is 8.00. The molecule has 4 aliphatic carbocycles. The van der Waals surface area contributed by atoms with Gasteiger partial charge in [-0.05, 0) is 68.7 Å². The van der Waals surface area contributed by atoms with Crippen molar-refractivity contribution in [2.24, 2.45) is 23.2 Å². The molecule has 0 radical (unpaired) electrons. The van der Waals surface area contributed by atoms with Gasteiger partial charge in [-0.25, -0.2) is 4.68 Å². The van der Waals surface area contributed by atoms with E-state index >= 15 is 0 Å². The Morgan fingerprint density at radius 2 is 1.80 bits per heavy atom. The van der Waals surface area contributed by atoms with Crippen molar-refractivity contribution in [3.05, 3.63) is 5.69 Å². The van der Waals surface area contributed by atoms with Crippen molar-refractivity contribution in [3.8, 4) is 0 Å². The second kappa shape index (κ2) is 4.45. The van der Waals surface area contributed by atoms with Gasteiger partial charge in [-0.15, -0.1) is 5.10 Å². The monoisotopic (exact) mass is 275 g/mol. The van der Waals surface area contributed by atoms with E-state index in [1.54, 1.807) is 0 Å². The molecule has 1 heterocycles. The minimum absolute atomic E-state index is 0.466. The molecule has 5 rings (SSSR count). The van der Waals surface area contributed by atoms with E-state index in [0.29, 0.717) is 12.0 Å². The second-order valence-corrected chi connectivity index (χ2v) is 7.53. The zero-order valence-electron chi connectivity index (χ0n) is 12.3. The molecule has 4 fully saturated rings. The SMILES string of the molecule is CNCc1nnn(CC23CC4CC(CC(C4)C2)C3)c1N. The lowest BCUT2D eigenvalue weighted by Gasteiger charge is -2.56. The number of nitrogens with two attached hydrogens (primary N) is 1. The van der Waals surface area contributed by atoms with Gasteiger partial charge >= 0.3 is 0 Å². The summed E-state index contributed by atoms with van der Waals surface area (Å²) in [6.07, 6.45) is 8.62. The van der Waals surface area contributed by atoms with Crippen LogP contribution in [0.1, 0.15) is 44.2 Å². The summed E-state index contributed by atoms with van der Waals surface area (Å²) in [7, 11) is 1.91. The van der Waals surface area contributed by atoms with Crippen LogP contribution in [-0.4, -0.2) is 22.0 Å². The number of hydrogen-bond acceptors (Lipinski definition) is 4. The van der Waals surface area contributed by atoms with E-state index in [-0.39, 0.29) is 0 Å². The summed E-state index contributed by atoms with van der Waals surface area (Å²) in [5.41, 5.74) is 7.57. The molecular weight excluding hydrogens is 250 g/mol. The number of hydrogen-bond donors (Lipinski definition) is 2. The van der Waals surface area contributed by atoms with E-state index in [4.69, 9.17) is 5.73 Å². The Balaban J connectivity index is 1.56. The van der Waals surface area contributed by atoms with E-state index in [1.165, 1.54) is 38.5 Å². The van der Waals surface area contributed by atoms with Crippen LogP contribution in [-0.2, 0) is 13.1 Å². The van der Waals surface area contributed by atoms with Crippen LogP contribution in [0, 0.1) is 23.2 Å². The number of rotatable bonds is 4. The number of aromatic nitrogens is 3. The lowest BCUT2D eigenvalue weighted by molar-refractivity contribution is -0.0634. The summed E-state index contributed by atoms with van der Waals surface area (Å²) in [6, 6.07) is 0. The van der Waals surface area contributed by atoms with Gasteiger partial charge in [0.05, 0.1) is 6.54 Å². The lowest BCUT2D eigenvalue weighted by Crippen LogP contribution is -2.48. The van der Waals surface area contributed by atoms with Gasteiger partial charge in [0.25, 0.3) is 0 Å². The molecule has 1 aromatic heterocycles. The summed E-state index contributed by atoms with van der Waals surface area (Å²) in [5.74, 6) is 3.68. The molecule has 3 N–H and O–H groups in total. The molecule has 0 aliphatic heterocycles. The minimum Gasteiger partial charge on any atom is -0.382 e. The summed E-state index contributed by atoms with van der Waals surface area (Å²) in [4.78, 5) is 0. The Kier molecular flexibility index (Phi) is 2.81. The van der Waals surface area contributed by atoms with Gasteiger partial charge in [0.1, 0.15) is 11.5 Å². The second-order valence-electron chi connectivity index (χ2n) is 7.53. The van der Waals surface area contributed by atoms with Crippen LogP contribution >= 0.6 is 0 Å². The smallest absolute Gasteiger partial charge is 0.146 e. The van der Waals surface area contributed by atoms with Crippen LogP contribution in [0.3, 0.4) is 0 Å². The molecule has 4 bridgehead atoms. The van der Waals surface area contributed by atoms with Crippen LogP contribution in [0.5, 0.6) is 0 Å². The minimum atomic E-state index is 0.466. The van der Waals surface area contributed by atoms with Crippen molar-refractivity contribution in [2.75, 3.05) is 12.8 Å². The third-order valence-corrected chi connectivity index (χ3v) is 5.84. The maximum absolute atomic E-state index is 6.22. The molecule has 0 aromatic carbocycles. The highest BCUT2D eigenvalue weighted by molar-refractivity contribution is 5.33. The molecule has 0 atom stereocenters. The highest BCUT2D eigenvalue weighted by Crippen LogP contribution is 2.60. The van der Waals surface area contributed by atoms with Crippen LogP contribution in [0.15, 0.2) is 0 Å². The van der Waals surface area contributed by atoms with Gasteiger partial charge in [0.2, 0.25) is 0 Å². The highest BCUT2D eigenvalue weighted by Gasteiger charge is 2.51. The maximum Gasteiger partial charge on any atom is 0.146 e. The van der Waals surface area contributed by atoms with Crippen molar-refractivity contribution >= 4 is 5.82 Å². The first kappa shape index (κ1) is 12.6. The standard InChI is InChI=1S/C15H25N5/c1-17-8-13-14(16)20(19-18-13)9-15-5-10-2-11(6-15)4-12(3-10)7-15/h10-12,17H,2-9,16H2,1H3. The molecule has 5 nitrogen and oxygen atoms in total. The molecule has 0 unspecified atom stereocenters. The number of anilines is 1. The van der Waals surface area contributed by atoms with Gasteiger partial charge in [0.15, 0.2) is 0 Å². The molecule has 0 amide bonds. The van der Waals surface area contributed by atoms with Crippen molar-refractivity contribution < 1.29 is 0 Å². The van der Waals surface area contributed by atoms with Crippen LogP contribution in [0.25, 0.3) is 0 Å². The Bertz CT molecular complexity index is 471. The lowest BCUT2D eigenvalue weighted by atomic mass is 9.49. The molecule has 4 saturated carbocycles. The largest absolute Gasteiger partial charge is 0.382 e. The van der Waals surface area contributed by atoms with E-state index in [9.17, 15) is 0 Å². The Morgan fingerprint density at radius 3 is 2.35 bits per heavy atom. The average molecular weight is 275 g/mol. The molecule has 110 valence electrons. The van der Waals surface area contributed by atoms with Crippen LogP contribution in [0.4, 0.5) is 5.82 Å². The summed E-state index contributed by atoms with van der Waals surface area (Å²) >= 11 is 0. The molecule has 5 heteroatoms. The van der Waals surface area contributed by atoms with E-state index in [1.807, 2.05) is 11.7 Å². The predicted molar refractivity (Wildman–Crippen MR) is 77.8 cm³/mol. The third-order valence-electron chi connectivity index (χ3n) is 5.84. The van der Waals surface area contributed by atoms with Crippen molar-refractivity contribution in [2.45, 2.75) is 51.6 Å². The fourth-order valence-corrected chi connectivity index (χ4v) is 5.57. The molecule has 20 heavy (non-hydrogen) atoms. The molecule has 1 aromatic rings. The van der Waals surface area contributed by atoms with Gasteiger partial charge in [0, 0.05) is 6.54 Å². The van der Waals surface area contributed by atoms with Crippen molar-refractivity contribution in [1.82, 2.24) is 20.3 Å². The van der Waals surface area contributed by atoms with E-state index in [0.717, 1.165) is 35.8 Å². The topological polar surface area (TPSA) is 68.8 Å². The normalized spacial score (nSPS) is 38.5. The van der Waals surface area contributed by atoms with Gasteiger partial charge in [-0.2, -0.15) is 0 Å². The predicted octanol–water partition coefficient (Wildman–Crippen LogP) is 1.80. The summed E-state index contributed by atoms with van der Waals surface area (Å²) in [6.45, 7) is 1.69. The van der Waals surface area contributed by atoms with Gasteiger partial charge in [-0.1, -0.05) is 5.21 Å². The van der Waals surface area contributed by atoms with Gasteiger partial charge in [-0.3, -0.25) is 0 Å². The zero-order chi connectivity index (χ0) is 13.7. The van der Waals surface area contributed by atoms with Crippen molar-refractivity contribution in [3.63, 3.8) is 0 Å². The molecule has 0 spiro atoms. The van der Waals surface area contributed by atoms with Gasteiger partial charge < -0.3 is 11.1 Å². The quantitative estimate of drug-likeness (QED) is 0.879. The van der Waals surface area contributed by atoms with Crippen LogP contribution < -0.4 is 11.1 Å². The zero-order valence-corrected chi connectivity index (χ0v) is 12.3. The Labute approximate surface area is 120 Å². The van der Waals surface area contributed by atoms with E-state index < -0.39 is 0 Å². The maximum atomic E-state index is 6.22. The van der Waals surface area contributed by atoms with Crippen molar-refractivity contribution in [1.29, 1.82) is 0 Å². The average Bonchev–Trinajstić information content (AvgIpc) is 2.70. The highest BCUT2D eigenvalue weighted by atomic mass is 15.5. The Morgan fingerprint density at radius 1 is 1.20 bits per heavy atom. The first-order chi connectivity index (χ1) is 9.67. The number of nitrogen functional groups attached to an aromatic ring is 1. The number of nitrogens with zero attached hydrogens (tertiary/aromatic N) is 3. The van der Waals surface area contributed by atoms with E-state index in [2.05, 4.69) is 15.6 Å². The fraction of sp³-hybridized carbons (Fsp3) is 0.867. The van der Waals surface area contributed by atoms with Crippen LogP contribution in [0.2, 0.25) is 0 Å². The third kappa shape index (κ3) is 1.94. The first-order valence-electron chi connectivity index (χ1n) is 8.00. The Hall–Kier alpha value is -1.10. The molecule has 4 aliphatic rings. The molecule has 0 saturated heterocycles. The number of nitrogens with one attached hydrogen (secondary N) is 1. The molecular formula is C15H25N5.